The molecule has 0 atom stereocenters. The van der Waals surface area contributed by atoms with Crippen molar-refractivity contribution in [3.63, 3.8) is 0 Å². The van der Waals surface area contributed by atoms with Gasteiger partial charge in [-0.2, -0.15) is 0 Å². The van der Waals surface area contributed by atoms with E-state index in [1.54, 1.807) is 36.2 Å². The maximum Gasteiger partial charge on any atom is 0.260 e. The van der Waals surface area contributed by atoms with Crippen molar-refractivity contribution in [3.05, 3.63) is 29.3 Å². The highest BCUT2D eigenvalue weighted by molar-refractivity contribution is 6.30. The minimum absolute atomic E-state index is 0.0416. The molecule has 1 aliphatic heterocycles. The van der Waals surface area contributed by atoms with Gasteiger partial charge in [0.15, 0.2) is 6.61 Å². The van der Waals surface area contributed by atoms with Gasteiger partial charge in [-0.05, 0) is 18.2 Å². The quantitative estimate of drug-likeness (QED) is 0.861. The Kier molecular flexibility index (Phi) is 6.03. The van der Waals surface area contributed by atoms with E-state index in [9.17, 15) is 9.59 Å². The second kappa shape index (κ2) is 8.00. The maximum absolute atomic E-state index is 12.1. The van der Waals surface area contributed by atoms with E-state index < -0.39 is 0 Å². The highest BCUT2D eigenvalue weighted by Crippen LogP contribution is 2.16. The van der Waals surface area contributed by atoms with Gasteiger partial charge < -0.3 is 19.9 Å². The van der Waals surface area contributed by atoms with Crippen LogP contribution in [0.25, 0.3) is 0 Å². The van der Waals surface area contributed by atoms with Crippen molar-refractivity contribution in [2.75, 3.05) is 46.4 Å². The molecule has 0 aromatic heterocycles. The molecule has 1 N–H and O–H groups in total. The number of carbonyl (C=O) groups is 2. The van der Waals surface area contributed by atoms with E-state index in [-0.39, 0.29) is 25.0 Å². The third-order valence-corrected chi connectivity index (χ3v) is 3.66. The van der Waals surface area contributed by atoms with Gasteiger partial charge >= 0.3 is 0 Å². The van der Waals surface area contributed by atoms with E-state index >= 15 is 0 Å². The monoisotopic (exact) mass is 325 g/mol. The molecule has 1 fully saturated rings. The molecule has 120 valence electrons. The summed E-state index contributed by atoms with van der Waals surface area (Å²) in [6.45, 7) is 2.89. The summed E-state index contributed by atoms with van der Waals surface area (Å²) in [7, 11) is 1.60. The average molecular weight is 326 g/mol. The Morgan fingerprint density at radius 3 is 2.77 bits per heavy atom. The number of carbonyl (C=O) groups excluding carboxylic acids is 2. The number of nitrogens with one attached hydrogen (secondary N) is 1. The molecule has 2 amide bonds. The van der Waals surface area contributed by atoms with Crippen molar-refractivity contribution < 1.29 is 14.3 Å². The Labute approximate surface area is 135 Å². The number of nitrogens with zero attached hydrogens (tertiary/aromatic N) is 2. The summed E-state index contributed by atoms with van der Waals surface area (Å²) in [4.78, 5) is 27.2. The molecule has 2 rings (SSSR count). The fraction of sp³-hybridized carbons (Fsp3) is 0.467. The molecular weight excluding hydrogens is 306 g/mol. The second-order valence-corrected chi connectivity index (χ2v) is 5.56. The fourth-order valence-electron chi connectivity index (χ4n) is 2.12. The first-order chi connectivity index (χ1) is 10.6. The molecule has 0 unspecified atom stereocenters. The Morgan fingerprint density at radius 2 is 2.09 bits per heavy atom. The maximum atomic E-state index is 12.1. The number of hydrogen-bond acceptors (Lipinski definition) is 4. The van der Waals surface area contributed by atoms with E-state index in [1.165, 1.54) is 4.90 Å². The summed E-state index contributed by atoms with van der Waals surface area (Å²) in [5, 5.41) is 3.73. The van der Waals surface area contributed by atoms with Crippen LogP contribution in [0, 0.1) is 0 Å². The molecule has 1 aromatic carbocycles. The van der Waals surface area contributed by atoms with Crippen molar-refractivity contribution in [2.24, 2.45) is 0 Å². The lowest BCUT2D eigenvalue weighted by Crippen LogP contribution is -2.50. The van der Waals surface area contributed by atoms with Crippen LogP contribution in [-0.2, 0) is 9.59 Å². The molecule has 1 aromatic rings. The zero-order valence-electron chi connectivity index (χ0n) is 12.5. The van der Waals surface area contributed by atoms with E-state index in [4.69, 9.17) is 16.3 Å². The zero-order valence-corrected chi connectivity index (χ0v) is 13.3. The van der Waals surface area contributed by atoms with Crippen molar-refractivity contribution >= 4 is 23.4 Å². The van der Waals surface area contributed by atoms with E-state index in [2.05, 4.69) is 5.32 Å². The lowest BCUT2D eigenvalue weighted by Gasteiger charge is -2.29. The molecule has 0 radical (unpaired) electrons. The molecule has 6 nitrogen and oxygen atoms in total. The second-order valence-electron chi connectivity index (χ2n) is 5.13. The van der Waals surface area contributed by atoms with Crippen molar-refractivity contribution in [1.29, 1.82) is 0 Å². The van der Waals surface area contributed by atoms with Crippen LogP contribution in [-0.4, -0.2) is 68.0 Å². The topological polar surface area (TPSA) is 61.9 Å². The number of hydrogen-bond donors (Lipinski definition) is 1. The van der Waals surface area contributed by atoms with Crippen LogP contribution in [0.15, 0.2) is 24.3 Å². The zero-order chi connectivity index (χ0) is 15.9. The van der Waals surface area contributed by atoms with Gasteiger partial charge in [-0.1, -0.05) is 17.7 Å². The van der Waals surface area contributed by atoms with Crippen LogP contribution >= 0.6 is 11.6 Å². The summed E-state index contributed by atoms with van der Waals surface area (Å²) in [6, 6.07) is 6.85. The van der Waals surface area contributed by atoms with Crippen LogP contribution in [0.4, 0.5) is 0 Å². The third kappa shape index (κ3) is 4.89. The van der Waals surface area contributed by atoms with Gasteiger partial charge in [0, 0.05) is 38.2 Å². The minimum Gasteiger partial charge on any atom is -0.484 e. The first kappa shape index (κ1) is 16.6. The van der Waals surface area contributed by atoms with Gasteiger partial charge in [0.25, 0.3) is 5.91 Å². The molecule has 1 saturated heterocycles. The van der Waals surface area contributed by atoms with Gasteiger partial charge in [-0.15, -0.1) is 0 Å². The van der Waals surface area contributed by atoms with Crippen LogP contribution in [0.5, 0.6) is 5.75 Å². The van der Waals surface area contributed by atoms with Gasteiger partial charge in [0.1, 0.15) is 5.75 Å². The van der Waals surface area contributed by atoms with Gasteiger partial charge in [-0.25, -0.2) is 0 Å². The Hall–Kier alpha value is -1.79. The minimum atomic E-state index is -0.247. The van der Waals surface area contributed by atoms with Crippen LogP contribution in [0.3, 0.4) is 0 Å². The highest BCUT2D eigenvalue weighted by atomic mass is 35.5. The molecular formula is C15H20ClN3O3. The summed E-state index contributed by atoms with van der Waals surface area (Å²) < 4.78 is 5.39. The van der Waals surface area contributed by atoms with Crippen LogP contribution in [0.1, 0.15) is 0 Å². The number of likely N-dealkylation sites (N-methyl/N-ethyl adjacent to an activating group) is 1. The normalized spacial score (nSPS) is 14.5. The number of benzene rings is 1. The third-order valence-electron chi connectivity index (χ3n) is 3.43. The molecule has 7 heteroatoms. The first-order valence-corrected chi connectivity index (χ1v) is 7.55. The highest BCUT2D eigenvalue weighted by Gasteiger charge is 2.20. The number of ether oxygens (including phenoxy) is 1. The molecule has 0 spiro atoms. The molecule has 0 bridgehead atoms. The predicted molar refractivity (Wildman–Crippen MR) is 84.0 cm³/mol. The van der Waals surface area contributed by atoms with Crippen LogP contribution in [0.2, 0.25) is 5.02 Å². The number of halogens is 1. The number of amides is 2. The Bertz CT molecular complexity index is 533. The number of rotatable bonds is 5. The van der Waals surface area contributed by atoms with E-state index in [0.717, 1.165) is 13.1 Å². The first-order valence-electron chi connectivity index (χ1n) is 7.17. The fourth-order valence-corrected chi connectivity index (χ4v) is 2.30. The van der Waals surface area contributed by atoms with Gasteiger partial charge in [-0.3, -0.25) is 9.59 Å². The molecule has 0 saturated carbocycles. The van der Waals surface area contributed by atoms with E-state index in [1.807, 2.05) is 0 Å². The average Bonchev–Trinajstić information content (AvgIpc) is 2.53. The van der Waals surface area contributed by atoms with E-state index in [0.29, 0.717) is 23.9 Å². The molecule has 0 aliphatic carbocycles. The Balaban J connectivity index is 1.77. The van der Waals surface area contributed by atoms with Crippen LogP contribution < -0.4 is 10.1 Å². The summed E-state index contributed by atoms with van der Waals surface area (Å²) in [6.07, 6.45) is 0. The lowest BCUT2D eigenvalue weighted by atomic mass is 10.3. The van der Waals surface area contributed by atoms with Crippen molar-refractivity contribution in [3.8, 4) is 5.75 Å². The van der Waals surface area contributed by atoms with Crippen molar-refractivity contribution in [1.82, 2.24) is 15.1 Å². The standard InChI is InChI=1S/C15H20ClN3O3/c1-18(10-14(20)19-7-5-17-6-8-19)15(21)11-22-13-4-2-3-12(16)9-13/h2-4,9,17H,5-8,10-11H2,1H3. The molecule has 1 heterocycles. The SMILES string of the molecule is CN(CC(=O)N1CCNCC1)C(=O)COc1cccc(Cl)c1. The predicted octanol–water partition coefficient (Wildman–Crippen LogP) is 0.609. The molecule has 22 heavy (non-hydrogen) atoms. The Morgan fingerprint density at radius 1 is 1.36 bits per heavy atom. The largest absolute Gasteiger partial charge is 0.484 e. The lowest BCUT2D eigenvalue weighted by molar-refractivity contribution is -0.140. The van der Waals surface area contributed by atoms with Gasteiger partial charge in [0.05, 0.1) is 6.54 Å². The molecule has 1 aliphatic rings. The summed E-state index contributed by atoms with van der Waals surface area (Å²) in [5.74, 6) is 0.242. The summed E-state index contributed by atoms with van der Waals surface area (Å²) in [5.41, 5.74) is 0. The number of piperazine rings is 1. The smallest absolute Gasteiger partial charge is 0.260 e. The van der Waals surface area contributed by atoms with Gasteiger partial charge in [0.2, 0.25) is 5.91 Å². The van der Waals surface area contributed by atoms with Crippen molar-refractivity contribution in [2.45, 2.75) is 0 Å². The summed E-state index contributed by atoms with van der Waals surface area (Å²) >= 11 is 5.85.